The molecule has 0 aromatic heterocycles. The molecule has 0 radical (unpaired) electrons. The predicted molar refractivity (Wildman–Crippen MR) is 99.9 cm³/mol. The fraction of sp³-hybridized carbons (Fsp3) is 0.200. The van der Waals surface area contributed by atoms with Gasteiger partial charge in [0.05, 0.1) is 18.7 Å². The molecule has 2 aromatic carbocycles. The van der Waals surface area contributed by atoms with Crippen LogP contribution in [-0.4, -0.2) is 19.0 Å². The van der Waals surface area contributed by atoms with E-state index in [1.54, 1.807) is 38.3 Å². The Morgan fingerprint density at radius 2 is 1.85 bits per heavy atom. The van der Waals surface area contributed by atoms with Crippen LogP contribution in [0.25, 0.3) is 0 Å². The number of allylic oxidation sites excluding steroid dienone is 1. The molecule has 1 heterocycles. The average Bonchev–Trinajstić information content (AvgIpc) is 2.61. The van der Waals surface area contributed by atoms with Gasteiger partial charge < -0.3 is 20.7 Å². The molecule has 1 aliphatic heterocycles. The Bertz CT molecular complexity index is 872. The predicted octanol–water partition coefficient (Wildman–Crippen LogP) is 3.27. The van der Waals surface area contributed by atoms with E-state index in [-0.39, 0.29) is 11.9 Å². The third-order valence-electron chi connectivity index (χ3n) is 4.24. The van der Waals surface area contributed by atoms with Gasteiger partial charge in [-0.05, 0) is 43.7 Å². The maximum atomic E-state index is 12.9. The van der Waals surface area contributed by atoms with Crippen LogP contribution in [0.4, 0.5) is 10.5 Å². The van der Waals surface area contributed by atoms with E-state index >= 15 is 0 Å². The number of urea groups is 1. The number of aryl methyl sites for hydroxylation is 1. The minimum absolute atomic E-state index is 0.272. The highest BCUT2D eigenvalue weighted by Crippen LogP contribution is 2.28. The average molecular weight is 351 g/mol. The van der Waals surface area contributed by atoms with E-state index in [0.717, 1.165) is 11.1 Å². The summed E-state index contributed by atoms with van der Waals surface area (Å²) in [5.74, 6) is 0.439. The van der Waals surface area contributed by atoms with Gasteiger partial charge in [-0.2, -0.15) is 0 Å². The zero-order valence-electron chi connectivity index (χ0n) is 14.9. The molecule has 26 heavy (non-hydrogen) atoms. The highest BCUT2D eigenvalue weighted by Gasteiger charge is 2.31. The van der Waals surface area contributed by atoms with Crippen LogP contribution in [-0.2, 0) is 4.79 Å². The Hall–Kier alpha value is -3.28. The number of hydrogen-bond donors (Lipinski definition) is 3. The molecule has 134 valence electrons. The number of amides is 3. The monoisotopic (exact) mass is 351 g/mol. The lowest BCUT2D eigenvalue weighted by Crippen LogP contribution is -2.46. The summed E-state index contributed by atoms with van der Waals surface area (Å²) in [6, 6.07) is 14.0. The molecule has 3 N–H and O–H groups in total. The number of carbonyl (C=O) groups excluding carboxylic acids is 2. The summed E-state index contributed by atoms with van der Waals surface area (Å²) in [5.41, 5.74) is 3.58. The number of hydrogen-bond acceptors (Lipinski definition) is 3. The van der Waals surface area contributed by atoms with E-state index in [4.69, 9.17) is 4.74 Å². The van der Waals surface area contributed by atoms with Crippen molar-refractivity contribution >= 4 is 17.6 Å². The lowest BCUT2D eigenvalue weighted by molar-refractivity contribution is -0.113. The number of carbonyl (C=O) groups is 2. The summed E-state index contributed by atoms with van der Waals surface area (Å²) in [7, 11) is 1.59. The van der Waals surface area contributed by atoms with E-state index in [2.05, 4.69) is 16.0 Å². The maximum Gasteiger partial charge on any atom is 0.319 e. The van der Waals surface area contributed by atoms with Crippen molar-refractivity contribution in [3.05, 3.63) is 70.9 Å². The highest BCUT2D eigenvalue weighted by atomic mass is 16.5. The van der Waals surface area contributed by atoms with E-state index in [9.17, 15) is 9.59 Å². The lowest BCUT2D eigenvalue weighted by Gasteiger charge is -2.29. The summed E-state index contributed by atoms with van der Waals surface area (Å²) in [6.45, 7) is 3.70. The Balaban J connectivity index is 1.91. The molecule has 3 amide bonds. The first-order valence-electron chi connectivity index (χ1n) is 8.28. The first-order chi connectivity index (χ1) is 12.5. The fourth-order valence-electron chi connectivity index (χ4n) is 2.97. The van der Waals surface area contributed by atoms with Crippen molar-refractivity contribution < 1.29 is 14.3 Å². The molecule has 0 bridgehead atoms. The SMILES string of the molecule is COc1ccc(NC(=O)C2=C(C)NC(=O)NC2c2cccc(C)c2)cc1. The van der Waals surface area contributed by atoms with Crippen molar-refractivity contribution in [3.8, 4) is 5.75 Å². The van der Waals surface area contributed by atoms with E-state index in [1.807, 2.05) is 31.2 Å². The Morgan fingerprint density at radius 3 is 2.50 bits per heavy atom. The van der Waals surface area contributed by atoms with Gasteiger partial charge in [0.1, 0.15) is 5.75 Å². The molecule has 2 aromatic rings. The molecule has 3 rings (SSSR count). The highest BCUT2D eigenvalue weighted by molar-refractivity contribution is 6.06. The van der Waals surface area contributed by atoms with E-state index in [1.165, 1.54) is 0 Å². The van der Waals surface area contributed by atoms with Crippen molar-refractivity contribution in [2.75, 3.05) is 12.4 Å². The Kier molecular flexibility index (Phi) is 4.93. The number of methoxy groups -OCH3 is 1. The van der Waals surface area contributed by atoms with Crippen molar-refractivity contribution in [1.29, 1.82) is 0 Å². The van der Waals surface area contributed by atoms with Gasteiger partial charge in [-0.25, -0.2) is 4.79 Å². The quantitative estimate of drug-likeness (QED) is 0.791. The van der Waals surface area contributed by atoms with Crippen molar-refractivity contribution in [2.24, 2.45) is 0 Å². The zero-order chi connectivity index (χ0) is 18.7. The van der Waals surface area contributed by atoms with Gasteiger partial charge in [-0.1, -0.05) is 29.8 Å². The van der Waals surface area contributed by atoms with Crippen LogP contribution in [0.3, 0.4) is 0 Å². The molecule has 0 fully saturated rings. The molecule has 1 aliphatic rings. The summed E-state index contributed by atoms with van der Waals surface area (Å²) in [6.07, 6.45) is 0. The minimum atomic E-state index is -0.512. The number of nitrogens with one attached hydrogen (secondary N) is 3. The largest absolute Gasteiger partial charge is 0.497 e. The summed E-state index contributed by atoms with van der Waals surface area (Å²) in [5, 5.41) is 8.39. The third kappa shape index (κ3) is 3.69. The smallest absolute Gasteiger partial charge is 0.319 e. The van der Waals surface area contributed by atoms with Crippen LogP contribution in [0.5, 0.6) is 5.75 Å². The maximum absolute atomic E-state index is 12.9. The van der Waals surface area contributed by atoms with Crippen LogP contribution < -0.4 is 20.7 Å². The molecule has 6 heteroatoms. The molecule has 1 atom stereocenters. The molecule has 1 unspecified atom stereocenters. The first-order valence-corrected chi connectivity index (χ1v) is 8.28. The van der Waals surface area contributed by atoms with Crippen LogP contribution in [0, 0.1) is 6.92 Å². The third-order valence-corrected chi connectivity index (χ3v) is 4.24. The van der Waals surface area contributed by atoms with Gasteiger partial charge in [0.15, 0.2) is 0 Å². The lowest BCUT2D eigenvalue weighted by atomic mass is 9.94. The van der Waals surface area contributed by atoms with Crippen molar-refractivity contribution in [2.45, 2.75) is 19.9 Å². The summed E-state index contributed by atoms with van der Waals surface area (Å²) < 4.78 is 5.13. The first kappa shape index (κ1) is 17.5. The van der Waals surface area contributed by atoms with Crippen LogP contribution in [0.15, 0.2) is 59.8 Å². The number of benzene rings is 2. The molecule has 0 aliphatic carbocycles. The summed E-state index contributed by atoms with van der Waals surface area (Å²) in [4.78, 5) is 24.9. The molecule has 6 nitrogen and oxygen atoms in total. The van der Waals surface area contributed by atoms with Gasteiger partial charge in [0.2, 0.25) is 0 Å². The minimum Gasteiger partial charge on any atom is -0.497 e. The second-order valence-electron chi connectivity index (χ2n) is 6.17. The Morgan fingerprint density at radius 1 is 1.12 bits per heavy atom. The van der Waals surface area contributed by atoms with Crippen molar-refractivity contribution in [1.82, 2.24) is 10.6 Å². The van der Waals surface area contributed by atoms with Crippen molar-refractivity contribution in [3.63, 3.8) is 0 Å². The number of rotatable bonds is 4. The second-order valence-corrected chi connectivity index (χ2v) is 6.17. The molecule has 0 spiro atoms. The van der Waals surface area contributed by atoms with Gasteiger partial charge >= 0.3 is 6.03 Å². The van der Waals surface area contributed by atoms with Gasteiger partial charge in [0, 0.05) is 11.4 Å². The van der Waals surface area contributed by atoms with Crippen LogP contribution >= 0.6 is 0 Å². The number of ether oxygens (including phenoxy) is 1. The van der Waals surface area contributed by atoms with Crippen LogP contribution in [0.1, 0.15) is 24.1 Å². The van der Waals surface area contributed by atoms with E-state index < -0.39 is 6.04 Å². The van der Waals surface area contributed by atoms with Gasteiger partial charge in [-0.15, -0.1) is 0 Å². The zero-order valence-corrected chi connectivity index (χ0v) is 14.9. The normalized spacial score (nSPS) is 16.6. The summed E-state index contributed by atoms with van der Waals surface area (Å²) >= 11 is 0. The van der Waals surface area contributed by atoms with Gasteiger partial charge in [-0.3, -0.25) is 4.79 Å². The van der Waals surface area contributed by atoms with Gasteiger partial charge in [0.25, 0.3) is 5.91 Å². The second kappa shape index (κ2) is 7.31. The topological polar surface area (TPSA) is 79.5 Å². The standard InChI is InChI=1S/C20H21N3O3/c1-12-5-4-6-14(11-12)18-17(13(2)21-20(25)23-18)19(24)22-15-7-9-16(26-3)10-8-15/h4-11,18H,1-3H3,(H,22,24)(H2,21,23,25). The van der Waals surface area contributed by atoms with Crippen LogP contribution in [0.2, 0.25) is 0 Å². The fourth-order valence-corrected chi connectivity index (χ4v) is 2.97. The molecular weight excluding hydrogens is 330 g/mol. The molecular formula is C20H21N3O3. The van der Waals surface area contributed by atoms with E-state index in [0.29, 0.717) is 22.7 Å². The Labute approximate surface area is 152 Å². The number of anilines is 1. The molecule has 0 saturated heterocycles. The molecule has 0 saturated carbocycles.